The third-order valence-electron chi connectivity index (χ3n) is 10.7. The van der Waals surface area contributed by atoms with Gasteiger partial charge in [-0.1, -0.05) is 133 Å². The van der Waals surface area contributed by atoms with Crippen molar-refractivity contribution < 1.29 is 4.42 Å². The topological polar surface area (TPSA) is 64.7 Å². The minimum absolute atomic E-state index is 0.662. The van der Waals surface area contributed by atoms with Crippen LogP contribution in [0.4, 0.5) is 0 Å². The van der Waals surface area contributed by atoms with Crippen LogP contribution in [0.1, 0.15) is 0 Å². The first kappa shape index (κ1) is 32.7. The Hall–Kier alpha value is -7.76. The molecule has 0 radical (unpaired) electrons. The number of hydrogen-bond acceptors (Lipinski definition) is 5. The fraction of sp³-hybridized carbons (Fsp3) is 0. The van der Waals surface area contributed by atoms with Gasteiger partial charge in [-0.3, -0.25) is 4.98 Å². The predicted octanol–water partition coefficient (Wildman–Crippen LogP) is 13.5. The van der Waals surface area contributed by atoms with Crippen LogP contribution in [-0.4, -0.2) is 19.9 Å². The maximum atomic E-state index is 6.22. The van der Waals surface area contributed by atoms with Gasteiger partial charge in [0.25, 0.3) is 0 Å². The molecule has 0 amide bonds. The first-order valence-corrected chi connectivity index (χ1v) is 19.0. The molecular weight excluding hydrogens is 697 g/mol. The van der Waals surface area contributed by atoms with Crippen molar-refractivity contribution in [1.29, 1.82) is 0 Å². The summed E-state index contributed by atoms with van der Waals surface area (Å²) in [5.41, 5.74) is 14.3. The number of nitrogens with zero attached hydrogens (tertiary/aromatic N) is 4. The summed E-state index contributed by atoms with van der Waals surface area (Å²) < 4.78 is 6.22. The van der Waals surface area contributed by atoms with E-state index in [1.807, 2.05) is 48.7 Å². The van der Waals surface area contributed by atoms with Crippen LogP contribution in [0.5, 0.6) is 0 Å². The monoisotopic (exact) mass is 728 g/mol. The van der Waals surface area contributed by atoms with E-state index in [9.17, 15) is 0 Å². The second-order valence-electron chi connectivity index (χ2n) is 14.3. The van der Waals surface area contributed by atoms with Crippen LogP contribution in [-0.2, 0) is 0 Å². The van der Waals surface area contributed by atoms with Crippen molar-refractivity contribution in [2.75, 3.05) is 0 Å². The molecule has 5 nitrogen and oxygen atoms in total. The van der Waals surface area contributed by atoms with Crippen molar-refractivity contribution in [2.45, 2.75) is 0 Å². The smallest absolute Gasteiger partial charge is 0.160 e. The van der Waals surface area contributed by atoms with Crippen molar-refractivity contribution in [3.05, 3.63) is 194 Å². The minimum atomic E-state index is 0.662. The Morgan fingerprint density at radius 2 is 0.912 bits per heavy atom. The van der Waals surface area contributed by atoms with Gasteiger partial charge >= 0.3 is 0 Å². The van der Waals surface area contributed by atoms with Crippen molar-refractivity contribution in [3.63, 3.8) is 0 Å². The van der Waals surface area contributed by atoms with E-state index in [1.54, 1.807) is 0 Å². The summed E-state index contributed by atoms with van der Waals surface area (Å²) in [6, 6.07) is 65.1. The molecule has 266 valence electrons. The van der Waals surface area contributed by atoms with E-state index in [4.69, 9.17) is 24.4 Å². The largest absolute Gasteiger partial charge is 0.456 e. The standard InChI is InChI=1S/C52H32N4O/c1-3-10-33(11-4-1)34-17-19-35(20-18-34)46-32-47(56-52(55-46)38-12-5-2-6-13-38)42-29-40(39-24-26-49-44(31-39)43-15-7-8-16-48(43)57-49)28-41(30-42)45-25-23-37-22-21-36-14-9-27-53-50(36)51(37)54-45/h1-32H. The van der Waals surface area contributed by atoms with E-state index < -0.39 is 0 Å². The number of hydrogen-bond donors (Lipinski definition) is 0. The molecule has 0 saturated carbocycles. The van der Waals surface area contributed by atoms with Gasteiger partial charge in [0.15, 0.2) is 5.82 Å². The van der Waals surface area contributed by atoms with Crippen LogP contribution >= 0.6 is 0 Å². The highest BCUT2D eigenvalue weighted by Gasteiger charge is 2.16. The van der Waals surface area contributed by atoms with Crippen molar-refractivity contribution in [2.24, 2.45) is 0 Å². The van der Waals surface area contributed by atoms with Gasteiger partial charge in [0.1, 0.15) is 11.2 Å². The SMILES string of the molecule is c1ccc(-c2ccc(-c3cc(-c4cc(-c5ccc6oc7ccccc7c6c5)cc(-c5ccc6ccc7cccnc7c6n5)c4)nc(-c4ccccc4)n3)cc2)cc1. The van der Waals surface area contributed by atoms with Crippen molar-refractivity contribution >= 4 is 43.7 Å². The highest BCUT2D eigenvalue weighted by atomic mass is 16.3. The molecule has 0 N–H and O–H groups in total. The number of rotatable bonds is 6. The van der Waals surface area contributed by atoms with Crippen LogP contribution in [0.2, 0.25) is 0 Å². The summed E-state index contributed by atoms with van der Waals surface area (Å²) in [6.45, 7) is 0. The van der Waals surface area contributed by atoms with E-state index in [-0.39, 0.29) is 0 Å². The lowest BCUT2D eigenvalue weighted by atomic mass is 9.95. The summed E-state index contributed by atoms with van der Waals surface area (Å²) in [6.07, 6.45) is 1.83. The Labute approximate surface area is 328 Å². The predicted molar refractivity (Wildman–Crippen MR) is 233 cm³/mol. The molecule has 4 aromatic heterocycles. The average Bonchev–Trinajstić information content (AvgIpc) is 3.67. The number of para-hydroxylation sites is 1. The highest BCUT2D eigenvalue weighted by molar-refractivity contribution is 6.07. The molecule has 0 aliphatic carbocycles. The van der Waals surface area contributed by atoms with Gasteiger partial charge < -0.3 is 4.42 Å². The van der Waals surface area contributed by atoms with Crippen LogP contribution in [0.25, 0.3) is 111 Å². The number of aromatic nitrogens is 4. The van der Waals surface area contributed by atoms with Crippen LogP contribution in [0.3, 0.4) is 0 Å². The molecule has 0 aliphatic rings. The molecule has 11 aromatic rings. The summed E-state index contributed by atoms with van der Waals surface area (Å²) in [5.74, 6) is 0.662. The zero-order valence-corrected chi connectivity index (χ0v) is 30.7. The lowest BCUT2D eigenvalue weighted by Crippen LogP contribution is -1.97. The zero-order chi connectivity index (χ0) is 37.7. The fourth-order valence-electron chi connectivity index (χ4n) is 7.80. The van der Waals surface area contributed by atoms with Gasteiger partial charge in [0, 0.05) is 50.0 Å². The molecule has 0 spiro atoms. The van der Waals surface area contributed by atoms with Gasteiger partial charge in [-0.15, -0.1) is 0 Å². The maximum absolute atomic E-state index is 6.22. The Morgan fingerprint density at radius 3 is 1.72 bits per heavy atom. The molecule has 57 heavy (non-hydrogen) atoms. The molecule has 0 aliphatic heterocycles. The molecule has 5 heteroatoms. The van der Waals surface area contributed by atoms with Gasteiger partial charge in [0.2, 0.25) is 0 Å². The number of fused-ring (bicyclic) bond motifs is 6. The third-order valence-corrected chi connectivity index (χ3v) is 10.7. The van der Waals surface area contributed by atoms with Gasteiger partial charge in [-0.2, -0.15) is 0 Å². The first-order valence-electron chi connectivity index (χ1n) is 19.0. The molecule has 0 atom stereocenters. The third kappa shape index (κ3) is 5.99. The van der Waals surface area contributed by atoms with E-state index in [2.05, 4.69) is 146 Å². The number of furan rings is 1. The van der Waals surface area contributed by atoms with Crippen LogP contribution in [0, 0.1) is 0 Å². The normalized spacial score (nSPS) is 11.5. The molecule has 0 unspecified atom stereocenters. The summed E-state index contributed by atoms with van der Waals surface area (Å²) in [5, 5.41) is 4.27. The Kier molecular flexibility index (Phi) is 7.74. The average molecular weight is 729 g/mol. The maximum Gasteiger partial charge on any atom is 0.160 e. The molecule has 0 bridgehead atoms. The van der Waals surface area contributed by atoms with Crippen LogP contribution in [0.15, 0.2) is 199 Å². The molecule has 0 saturated heterocycles. The van der Waals surface area contributed by atoms with E-state index >= 15 is 0 Å². The van der Waals surface area contributed by atoms with E-state index in [0.29, 0.717) is 5.82 Å². The quantitative estimate of drug-likeness (QED) is 0.160. The molecule has 4 heterocycles. The summed E-state index contributed by atoms with van der Waals surface area (Å²) >= 11 is 0. The van der Waals surface area contributed by atoms with Crippen molar-refractivity contribution in [1.82, 2.24) is 19.9 Å². The van der Waals surface area contributed by atoms with E-state index in [1.165, 1.54) is 5.56 Å². The Balaban J connectivity index is 1.12. The molecular formula is C52H32N4O. The lowest BCUT2D eigenvalue weighted by molar-refractivity contribution is 0.669. The summed E-state index contributed by atoms with van der Waals surface area (Å²) in [4.78, 5) is 20.4. The Bertz CT molecular complexity index is 3280. The number of benzene rings is 7. The van der Waals surface area contributed by atoms with Crippen molar-refractivity contribution in [3.8, 4) is 67.4 Å². The molecule has 7 aromatic carbocycles. The highest BCUT2D eigenvalue weighted by Crippen LogP contribution is 2.38. The van der Waals surface area contributed by atoms with Gasteiger partial charge in [0.05, 0.1) is 28.1 Å². The second-order valence-corrected chi connectivity index (χ2v) is 14.3. The molecule has 0 fully saturated rings. The fourth-order valence-corrected chi connectivity index (χ4v) is 7.80. The van der Waals surface area contributed by atoms with Gasteiger partial charge in [-0.05, 0) is 76.9 Å². The minimum Gasteiger partial charge on any atom is -0.456 e. The lowest BCUT2D eigenvalue weighted by Gasteiger charge is -2.14. The molecule has 11 rings (SSSR count). The second kappa shape index (κ2) is 13.5. The Morgan fingerprint density at radius 1 is 0.316 bits per heavy atom. The van der Waals surface area contributed by atoms with E-state index in [0.717, 1.165) is 99.8 Å². The summed E-state index contributed by atoms with van der Waals surface area (Å²) in [7, 11) is 0. The zero-order valence-electron chi connectivity index (χ0n) is 30.7. The number of pyridine rings is 2. The first-order chi connectivity index (χ1) is 28.2. The van der Waals surface area contributed by atoms with Gasteiger partial charge in [-0.25, -0.2) is 15.0 Å². The van der Waals surface area contributed by atoms with Crippen LogP contribution < -0.4 is 0 Å².